The summed E-state index contributed by atoms with van der Waals surface area (Å²) < 4.78 is 4.95. The second-order valence-electron chi connectivity index (χ2n) is 25.6. The van der Waals surface area contributed by atoms with Gasteiger partial charge < -0.3 is 9.13 Å². The molecule has 0 atom stereocenters. The maximum absolute atomic E-state index is 2.54. The van der Waals surface area contributed by atoms with Crippen LogP contribution < -0.4 is 0 Å². The van der Waals surface area contributed by atoms with Gasteiger partial charge in [0.15, 0.2) is 0 Å². The molecular formula is C82H64N2. The van der Waals surface area contributed by atoms with Gasteiger partial charge in [0.1, 0.15) is 0 Å². The van der Waals surface area contributed by atoms with E-state index in [1.165, 1.54) is 133 Å². The van der Waals surface area contributed by atoms with Gasteiger partial charge in [-0.05, 0) is 173 Å². The van der Waals surface area contributed by atoms with Crippen molar-refractivity contribution in [2.45, 2.75) is 63.2 Å². The predicted octanol–water partition coefficient (Wildman–Crippen LogP) is 20.9. The minimum atomic E-state index is -0.548. The average Bonchev–Trinajstić information content (AvgIpc) is 2.26. The van der Waals surface area contributed by atoms with Gasteiger partial charge in [-0.1, -0.05) is 248 Å². The molecule has 0 radical (unpaired) electrons. The molecule has 2 aliphatic carbocycles. The van der Waals surface area contributed by atoms with Crippen LogP contribution in [-0.2, 0) is 21.7 Å². The standard InChI is InChI=1S/C82H64N2/c1-79(2,3)57-37-45-75-67(49-57)68-50-58(80(4,5)6)38-46-76(68)83(75)61-41-33-53(34-42-61)54-35-43-62(44-36-54)84-77-47-39-59(81(55-21-9-7-10-22-55)71-29-17-13-25-63(71)64-26-14-18-30-72(64)81)51-69(77)70-52-60(40-48-78(70)84)82(56-23-11-8-12-24-56)73-31-19-15-27-65(73)66-28-16-20-32-74(66)82/h7-52H,1-6H3. The third-order valence-electron chi connectivity index (χ3n) is 19.0. The first kappa shape index (κ1) is 50.0. The van der Waals surface area contributed by atoms with Gasteiger partial charge in [-0.3, -0.25) is 0 Å². The Morgan fingerprint density at radius 2 is 0.536 bits per heavy atom. The lowest BCUT2D eigenvalue weighted by Gasteiger charge is -2.34. The smallest absolute Gasteiger partial charge is 0.0713 e. The van der Waals surface area contributed by atoms with Crippen LogP contribution in [0.2, 0.25) is 0 Å². The van der Waals surface area contributed by atoms with Crippen LogP contribution in [-0.4, -0.2) is 9.13 Å². The third kappa shape index (κ3) is 7.16. The number of hydrogen-bond donors (Lipinski definition) is 0. The second-order valence-corrected chi connectivity index (χ2v) is 25.6. The van der Waals surface area contributed by atoms with Gasteiger partial charge in [0.2, 0.25) is 0 Å². The molecule has 0 N–H and O–H groups in total. The summed E-state index contributed by atoms with van der Waals surface area (Å²) in [6.45, 7) is 13.8. The molecule has 0 unspecified atom stereocenters. The van der Waals surface area contributed by atoms with Crippen molar-refractivity contribution in [2.75, 3.05) is 0 Å². The van der Waals surface area contributed by atoms with Gasteiger partial charge in [0, 0.05) is 32.9 Å². The Morgan fingerprint density at radius 3 is 0.857 bits per heavy atom. The Hall–Kier alpha value is -9.76. The predicted molar refractivity (Wildman–Crippen MR) is 353 cm³/mol. The van der Waals surface area contributed by atoms with Gasteiger partial charge >= 0.3 is 0 Å². The molecule has 14 aromatic rings. The van der Waals surface area contributed by atoms with Crippen molar-refractivity contribution in [1.82, 2.24) is 9.13 Å². The molecule has 0 spiro atoms. The van der Waals surface area contributed by atoms with Crippen LogP contribution in [0.3, 0.4) is 0 Å². The number of benzene rings is 12. The van der Waals surface area contributed by atoms with E-state index in [1.54, 1.807) is 0 Å². The third-order valence-corrected chi connectivity index (χ3v) is 19.0. The summed E-state index contributed by atoms with van der Waals surface area (Å²) in [5.74, 6) is 0. The van der Waals surface area contributed by atoms with E-state index in [9.17, 15) is 0 Å². The molecule has 84 heavy (non-hydrogen) atoms. The highest BCUT2D eigenvalue weighted by Gasteiger charge is 2.48. The summed E-state index contributed by atoms with van der Waals surface area (Å²) in [5, 5.41) is 5.04. The second kappa shape index (κ2) is 18.4. The molecule has 16 rings (SSSR count). The molecular weight excluding hydrogens is 1010 g/mol. The minimum absolute atomic E-state index is 0.0418. The van der Waals surface area contributed by atoms with Crippen LogP contribution >= 0.6 is 0 Å². The lowest BCUT2D eigenvalue weighted by molar-refractivity contribution is 0.590. The quantitative estimate of drug-likeness (QED) is 0.151. The highest BCUT2D eigenvalue weighted by atomic mass is 15.0. The van der Waals surface area contributed by atoms with E-state index in [2.05, 4.69) is 330 Å². The Morgan fingerprint density at radius 1 is 0.250 bits per heavy atom. The van der Waals surface area contributed by atoms with E-state index >= 15 is 0 Å². The van der Waals surface area contributed by atoms with E-state index in [1.807, 2.05) is 0 Å². The van der Waals surface area contributed by atoms with Crippen LogP contribution in [0.4, 0.5) is 0 Å². The maximum Gasteiger partial charge on any atom is 0.0713 e. The molecule has 2 aromatic heterocycles. The molecule has 2 heteroatoms. The molecule has 0 amide bonds. The number of nitrogens with zero attached hydrogens (tertiary/aromatic N) is 2. The summed E-state index contributed by atoms with van der Waals surface area (Å²) >= 11 is 0. The normalized spacial score (nSPS) is 14.0. The molecule has 2 nitrogen and oxygen atoms in total. The Kier molecular flexibility index (Phi) is 10.9. The zero-order chi connectivity index (χ0) is 56.7. The van der Waals surface area contributed by atoms with Gasteiger partial charge in [0.05, 0.1) is 32.9 Å². The van der Waals surface area contributed by atoms with Gasteiger partial charge in [0.25, 0.3) is 0 Å². The van der Waals surface area contributed by atoms with Gasteiger partial charge in [-0.2, -0.15) is 0 Å². The van der Waals surface area contributed by atoms with E-state index in [-0.39, 0.29) is 10.8 Å². The molecule has 0 saturated carbocycles. The van der Waals surface area contributed by atoms with Crippen LogP contribution in [0.1, 0.15) is 97.2 Å². The molecule has 0 fully saturated rings. The largest absolute Gasteiger partial charge is 0.309 e. The van der Waals surface area contributed by atoms with Gasteiger partial charge in [-0.15, -0.1) is 0 Å². The molecule has 2 aliphatic rings. The van der Waals surface area contributed by atoms with Crippen molar-refractivity contribution in [2.24, 2.45) is 0 Å². The first-order chi connectivity index (χ1) is 40.9. The molecule has 0 saturated heterocycles. The number of rotatable bonds is 7. The molecule has 0 bridgehead atoms. The Bertz CT molecular complexity index is 4580. The van der Waals surface area contributed by atoms with Crippen molar-refractivity contribution in [3.8, 4) is 44.8 Å². The fourth-order valence-corrected chi connectivity index (χ4v) is 15.0. The summed E-state index contributed by atoms with van der Waals surface area (Å²) in [4.78, 5) is 0. The minimum Gasteiger partial charge on any atom is -0.309 e. The van der Waals surface area contributed by atoms with E-state index in [0.717, 1.165) is 11.4 Å². The van der Waals surface area contributed by atoms with Crippen LogP contribution in [0.25, 0.3) is 88.4 Å². The zero-order valence-corrected chi connectivity index (χ0v) is 48.5. The number of aromatic nitrogens is 2. The summed E-state index contributed by atoms with van der Waals surface area (Å²) in [6, 6.07) is 106. The monoisotopic (exact) mass is 1080 g/mol. The average molecular weight is 1080 g/mol. The fourth-order valence-electron chi connectivity index (χ4n) is 15.0. The van der Waals surface area contributed by atoms with Crippen molar-refractivity contribution in [1.29, 1.82) is 0 Å². The number of hydrogen-bond acceptors (Lipinski definition) is 0. The Labute approximate surface area is 492 Å². The van der Waals surface area contributed by atoms with Crippen LogP contribution in [0.15, 0.2) is 279 Å². The van der Waals surface area contributed by atoms with Crippen LogP contribution in [0, 0.1) is 0 Å². The van der Waals surface area contributed by atoms with Crippen molar-refractivity contribution in [3.05, 3.63) is 335 Å². The molecule has 12 aromatic carbocycles. The zero-order valence-electron chi connectivity index (χ0n) is 48.5. The summed E-state index contributed by atoms with van der Waals surface area (Å²) in [5.41, 5.74) is 26.5. The summed E-state index contributed by atoms with van der Waals surface area (Å²) in [6.07, 6.45) is 0. The number of fused-ring (bicyclic) bond motifs is 12. The Balaban J connectivity index is 0.878. The molecule has 0 aliphatic heterocycles. The molecule has 402 valence electrons. The lowest BCUT2D eigenvalue weighted by atomic mass is 9.67. The van der Waals surface area contributed by atoms with E-state index in [0.29, 0.717) is 0 Å². The fraction of sp³-hybridized carbons (Fsp3) is 0.122. The lowest BCUT2D eigenvalue weighted by Crippen LogP contribution is -2.28. The van der Waals surface area contributed by atoms with E-state index in [4.69, 9.17) is 0 Å². The summed E-state index contributed by atoms with van der Waals surface area (Å²) in [7, 11) is 0. The first-order valence-corrected chi connectivity index (χ1v) is 29.8. The maximum atomic E-state index is 2.54. The SMILES string of the molecule is CC(C)(C)c1ccc2c(c1)c1cc(C(C)(C)C)ccc1n2-c1ccc(-c2ccc(-n3c4ccc(C5(c6ccccc6)c6ccccc6-c6ccccc65)cc4c4cc(C5(c6ccccc6)c6ccccc6-c6ccccc65)ccc43)cc2)cc1. The van der Waals surface area contributed by atoms with Gasteiger partial charge in [-0.25, -0.2) is 0 Å². The van der Waals surface area contributed by atoms with Crippen molar-refractivity contribution in [3.63, 3.8) is 0 Å². The topological polar surface area (TPSA) is 9.86 Å². The molecule has 2 heterocycles. The highest BCUT2D eigenvalue weighted by molar-refractivity contribution is 6.11. The van der Waals surface area contributed by atoms with Crippen molar-refractivity contribution < 1.29 is 0 Å². The van der Waals surface area contributed by atoms with Crippen LogP contribution in [0.5, 0.6) is 0 Å². The highest BCUT2D eigenvalue weighted by Crippen LogP contribution is 2.59. The first-order valence-electron chi connectivity index (χ1n) is 29.8. The van der Waals surface area contributed by atoms with Crippen molar-refractivity contribution >= 4 is 43.6 Å². The van der Waals surface area contributed by atoms with E-state index < -0.39 is 10.8 Å².